The smallest absolute Gasteiger partial charge is 0.233 e. The van der Waals surface area contributed by atoms with Crippen molar-refractivity contribution in [3.8, 4) is 5.75 Å². The maximum atomic E-state index is 13.4. The summed E-state index contributed by atoms with van der Waals surface area (Å²) < 4.78 is 41.4. The van der Waals surface area contributed by atoms with Crippen LogP contribution in [-0.2, 0) is 9.05 Å². The van der Waals surface area contributed by atoms with E-state index in [-0.39, 0.29) is 18.1 Å². The molecule has 6 heteroatoms. The van der Waals surface area contributed by atoms with Crippen LogP contribution >= 0.6 is 10.7 Å². The fourth-order valence-corrected chi connectivity index (χ4v) is 3.78. The monoisotopic (exact) mass is 308 g/mol. The molecule has 0 atom stereocenters. The minimum absolute atomic E-state index is 0.118. The molecular weight excluding hydrogens is 291 g/mol. The minimum Gasteiger partial charge on any atom is -0.490 e. The van der Waals surface area contributed by atoms with Crippen molar-refractivity contribution in [2.45, 2.75) is 26.7 Å². The zero-order valence-corrected chi connectivity index (χ0v) is 12.6. The van der Waals surface area contributed by atoms with Crippen LogP contribution in [0.5, 0.6) is 5.75 Å². The van der Waals surface area contributed by atoms with Gasteiger partial charge in [0.2, 0.25) is 9.05 Å². The topological polar surface area (TPSA) is 43.4 Å². The Kier molecular flexibility index (Phi) is 5.62. The van der Waals surface area contributed by atoms with Crippen molar-refractivity contribution in [2.75, 3.05) is 12.4 Å². The highest BCUT2D eigenvalue weighted by atomic mass is 35.7. The van der Waals surface area contributed by atoms with Crippen LogP contribution in [0.1, 0.15) is 26.7 Å². The van der Waals surface area contributed by atoms with Crippen molar-refractivity contribution < 1.29 is 17.5 Å². The lowest BCUT2D eigenvalue weighted by molar-refractivity contribution is 0.150. The van der Waals surface area contributed by atoms with Gasteiger partial charge in [0.05, 0.1) is 12.4 Å². The third kappa shape index (κ3) is 4.99. The lowest BCUT2D eigenvalue weighted by Gasteiger charge is -2.30. The van der Waals surface area contributed by atoms with E-state index in [4.69, 9.17) is 15.4 Å². The van der Waals surface area contributed by atoms with Crippen LogP contribution < -0.4 is 4.74 Å². The first-order valence-corrected chi connectivity index (χ1v) is 8.59. The van der Waals surface area contributed by atoms with Crippen LogP contribution in [0.15, 0.2) is 24.3 Å². The Morgan fingerprint density at radius 2 is 1.84 bits per heavy atom. The summed E-state index contributed by atoms with van der Waals surface area (Å²) in [5.41, 5.74) is -0.594. The summed E-state index contributed by atoms with van der Waals surface area (Å²) in [6.07, 6.45) is 1.17. The van der Waals surface area contributed by atoms with Gasteiger partial charge in [-0.3, -0.25) is 0 Å². The summed E-state index contributed by atoms with van der Waals surface area (Å²) >= 11 is 0. The van der Waals surface area contributed by atoms with Crippen molar-refractivity contribution in [3.05, 3.63) is 30.1 Å². The van der Waals surface area contributed by atoms with E-state index in [1.807, 2.05) is 13.8 Å². The van der Waals surface area contributed by atoms with Crippen molar-refractivity contribution in [1.82, 2.24) is 0 Å². The van der Waals surface area contributed by atoms with E-state index in [9.17, 15) is 12.8 Å². The van der Waals surface area contributed by atoms with Crippen LogP contribution in [0, 0.1) is 11.2 Å². The van der Waals surface area contributed by atoms with Crippen LogP contribution in [0.4, 0.5) is 4.39 Å². The molecule has 0 amide bonds. The third-order valence-electron chi connectivity index (χ3n) is 3.35. The molecule has 108 valence electrons. The normalized spacial score (nSPS) is 12.4. The predicted molar refractivity (Wildman–Crippen MR) is 74.5 cm³/mol. The molecular formula is C13H18ClFO3S. The van der Waals surface area contributed by atoms with Crippen LogP contribution in [-0.4, -0.2) is 20.8 Å². The Hall–Kier alpha value is -0.810. The van der Waals surface area contributed by atoms with Crippen LogP contribution in [0.3, 0.4) is 0 Å². The second-order valence-corrected chi connectivity index (χ2v) is 7.39. The first-order chi connectivity index (χ1) is 8.82. The van der Waals surface area contributed by atoms with Gasteiger partial charge in [-0.05, 0) is 25.0 Å². The second-order valence-electron chi connectivity index (χ2n) is 4.61. The maximum Gasteiger partial charge on any atom is 0.233 e. The number of benzene rings is 1. The minimum atomic E-state index is -3.62. The van der Waals surface area contributed by atoms with E-state index in [2.05, 4.69) is 0 Å². The number of hydrogen-bond donors (Lipinski definition) is 0. The molecule has 0 spiro atoms. The average molecular weight is 309 g/mol. The molecule has 0 N–H and O–H groups in total. The van der Waals surface area contributed by atoms with Crippen molar-refractivity contribution in [1.29, 1.82) is 0 Å². The van der Waals surface area contributed by atoms with Gasteiger partial charge in [-0.1, -0.05) is 26.0 Å². The summed E-state index contributed by atoms with van der Waals surface area (Å²) in [7, 11) is 1.71. The molecule has 1 rings (SSSR count). The zero-order valence-electron chi connectivity index (χ0n) is 11.0. The van der Waals surface area contributed by atoms with Gasteiger partial charge < -0.3 is 4.74 Å². The summed E-state index contributed by atoms with van der Waals surface area (Å²) in [5.74, 6) is -0.513. The molecule has 1 aromatic rings. The van der Waals surface area contributed by atoms with Crippen LogP contribution in [0.25, 0.3) is 0 Å². The van der Waals surface area contributed by atoms with E-state index in [0.29, 0.717) is 12.8 Å². The Morgan fingerprint density at radius 1 is 1.26 bits per heavy atom. The summed E-state index contributed by atoms with van der Waals surface area (Å²) in [6, 6.07) is 6.04. The van der Waals surface area contributed by atoms with Gasteiger partial charge in [0.1, 0.15) is 0 Å². The van der Waals surface area contributed by atoms with E-state index in [0.717, 1.165) is 0 Å². The maximum absolute atomic E-state index is 13.4. The van der Waals surface area contributed by atoms with E-state index in [1.165, 1.54) is 12.1 Å². The van der Waals surface area contributed by atoms with Gasteiger partial charge >= 0.3 is 0 Å². The number of halogens is 2. The molecule has 1 aromatic carbocycles. The molecule has 0 aliphatic carbocycles. The summed E-state index contributed by atoms with van der Waals surface area (Å²) in [5, 5.41) is 0. The largest absolute Gasteiger partial charge is 0.490 e. The molecule has 0 fully saturated rings. The van der Waals surface area contributed by atoms with E-state index < -0.39 is 20.3 Å². The molecule has 19 heavy (non-hydrogen) atoms. The average Bonchev–Trinajstić information content (AvgIpc) is 2.35. The number of hydrogen-bond acceptors (Lipinski definition) is 3. The molecule has 3 nitrogen and oxygen atoms in total. The highest BCUT2D eigenvalue weighted by Gasteiger charge is 2.32. The highest BCUT2D eigenvalue weighted by molar-refractivity contribution is 8.13. The number of para-hydroxylation sites is 1. The zero-order chi connectivity index (χ0) is 14.5. The molecule has 0 heterocycles. The van der Waals surface area contributed by atoms with Gasteiger partial charge in [-0.2, -0.15) is 0 Å². The van der Waals surface area contributed by atoms with E-state index in [1.54, 1.807) is 12.1 Å². The van der Waals surface area contributed by atoms with Gasteiger partial charge in [-0.25, -0.2) is 12.8 Å². The van der Waals surface area contributed by atoms with Gasteiger partial charge in [0, 0.05) is 16.1 Å². The fraction of sp³-hybridized carbons (Fsp3) is 0.538. The SMILES string of the molecule is CCC(CC)(COc1ccccc1F)CS(=O)(=O)Cl. The predicted octanol–water partition coefficient (Wildman–Crippen LogP) is 3.58. The highest BCUT2D eigenvalue weighted by Crippen LogP contribution is 2.31. The first kappa shape index (κ1) is 16.2. The standard InChI is InChI=1S/C13H18ClFO3S/c1-3-13(4-2,10-19(14,16)17)9-18-12-8-6-5-7-11(12)15/h5-8H,3-4,9-10H2,1-2H3. The molecule has 0 aliphatic rings. The van der Waals surface area contributed by atoms with Crippen molar-refractivity contribution >= 4 is 19.7 Å². The Bertz CT molecular complexity index is 512. The first-order valence-electron chi connectivity index (χ1n) is 6.11. The number of ether oxygens (including phenoxy) is 1. The molecule has 0 unspecified atom stereocenters. The number of rotatable bonds is 7. The fourth-order valence-electron chi connectivity index (χ4n) is 1.86. The summed E-state index contributed by atoms with van der Waals surface area (Å²) in [6.45, 7) is 3.86. The van der Waals surface area contributed by atoms with Crippen LogP contribution in [0.2, 0.25) is 0 Å². The molecule has 0 saturated heterocycles. The van der Waals surface area contributed by atoms with Gasteiger partial charge in [-0.15, -0.1) is 0 Å². The lowest BCUT2D eigenvalue weighted by atomic mass is 9.85. The molecule has 0 bridgehead atoms. The van der Waals surface area contributed by atoms with Crippen molar-refractivity contribution in [3.63, 3.8) is 0 Å². The molecule has 0 aromatic heterocycles. The lowest BCUT2D eigenvalue weighted by Crippen LogP contribution is -2.33. The summed E-state index contributed by atoms with van der Waals surface area (Å²) in [4.78, 5) is 0. The second kappa shape index (κ2) is 6.57. The Labute approximate surface area is 118 Å². The van der Waals surface area contributed by atoms with E-state index >= 15 is 0 Å². The molecule has 0 radical (unpaired) electrons. The molecule has 0 saturated carbocycles. The molecule has 0 aliphatic heterocycles. The van der Waals surface area contributed by atoms with Crippen molar-refractivity contribution in [2.24, 2.45) is 5.41 Å². The van der Waals surface area contributed by atoms with Gasteiger partial charge in [0.25, 0.3) is 0 Å². The van der Waals surface area contributed by atoms with Gasteiger partial charge in [0.15, 0.2) is 11.6 Å². The quantitative estimate of drug-likeness (QED) is 0.723. The Balaban J connectivity index is 2.83. The Morgan fingerprint density at radius 3 is 2.32 bits per heavy atom. The third-order valence-corrected chi connectivity index (χ3v) is 4.63.